The molecule has 0 bridgehead atoms. The highest BCUT2D eigenvalue weighted by molar-refractivity contribution is 9.10. The van der Waals surface area contributed by atoms with Gasteiger partial charge in [0, 0.05) is 17.4 Å². The Morgan fingerprint density at radius 3 is 2.82 bits per heavy atom. The van der Waals surface area contributed by atoms with Crippen molar-refractivity contribution in [2.24, 2.45) is 11.7 Å². The molecule has 1 aliphatic heterocycles. The second-order valence-corrected chi connectivity index (χ2v) is 5.22. The van der Waals surface area contributed by atoms with Gasteiger partial charge in [0.15, 0.2) is 0 Å². The number of nitrogens with two attached hydrogens (primary N) is 1. The number of carbonyl (C=O) groups excluding carboxylic acids is 1. The first-order chi connectivity index (χ1) is 8.02. The molecule has 1 saturated heterocycles. The van der Waals surface area contributed by atoms with Gasteiger partial charge in [-0.05, 0) is 53.0 Å². The van der Waals surface area contributed by atoms with Crippen molar-refractivity contribution in [3.05, 3.63) is 28.0 Å². The monoisotopic (exact) mass is 300 g/mol. The summed E-state index contributed by atoms with van der Waals surface area (Å²) in [5.41, 5.74) is 7.10. The number of aryl methyl sites for hydroxylation is 1. The predicted octanol–water partition coefficient (Wildman–Crippen LogP) is 2.21. The van der Waals surface area contributed by atoms with E-state index in [0.29, 0.717) is 24.0 Å². The molecule has 1 amide bonds. The second kappa shape index (κ2) is 4.74. The first kappa shape index (κ1) is 12.5. The predicted molar refractivity (Wildman–Crippen MR) is 68.4 cm³/mol. The van der Waals surface area contributed by atoms with Crippen molar-refractivity contribution in [2.45, 2.75) is 13.3 Å². The van der Waals surface area contributed by atoms with Crippen LogP contribution < -0.4 is 10.6 Å². The Morgan fingerprint density at radius 2 is 2.29 bits per heavy atom. The number of amides is 1. The fraction of sp³-hybridized carbons (Fsp3) is 0.417. The Labute approximate surface area is 108 Å². The lowest BCUT2D eigenvalue weighted by atomic mass is 10.1. The summed E-state index contributed by atoms with van der Waals surface area (Å²) in [7, 11) is 0. The Balaban J connectivity index is 2.38. The molecule has 0 spiro atoms. The van der Waals surface area contributed by atoms with Gasteiger partial charge in [0.1, 0.15) is 5.82 Å². The number of anilines is 1. The molecule has 92 valence electrons. The third-order valence-electron chi connectivity index (χ3n) is 3.03. The van der Waals surface area contributed by atoms with Crippen LogP contribution in [0.2, 0.25) is 0 Å². The molecule has 0 saturated carbocycles. The van der Waals surface area contributed by atoms with Crippen LogP contribution in [0.1, 0.15) is 12.0 Å². The molecule has 2 N–H and O–H groups in total. The Hall–Kier alpha value is -0.940. The quantitative estimate of drug-likeness (QED) is 0.910. The molecule has 1 unspecified atom stereocenters. The fourth-order valence-electron chi connectivity index (χ4n) is 2.19. The molecular formula is C12H14BrFN2O. The number of halogens is 2. The van der Waals surface area contributed by atoms with Crippen molar-refractivity contribution in [1.82, 2.24) is 0 Å². The molecule has 1 fully saturated rings. The summed E-state index contributed by atoms with van der Waals surface area (Å²) in [5.74, 6) is -0.0603. The molecule has 1 atom stereocenters. The molecule has 0 aliphatic carbocycles. The molecule has 2 rings (SSSR count). The normalized spacial score (nSPS) is 20.1. The van der Waals surface area contributed by atoms with Crippen molar-refractivity contribution in [3.8, 4) is 0 Å². The smallest absolute Gasteiger partial charge is 0.227 e. The van der Waals surface area contributed by atoms with Crippen molar-refractivity contribution in [2.75, 3.05) is 18.0 Å². The minimum Gasteiger partial charge on any atom is -0.330 e. The lowest BCUT2D eigenvalue weighted by molar-refractivity contribution is -0.117. The third kappa shape index (κ3) is 2.35. The van der Waals surface area contributed by atoms with Gasteiger partial charge in [0.05, 0.1) is 5.69 Å². The van der Waals surface area contributed by atoms with Crippen LogP contribution in [-0.2, 0) is 4.79 Å². The molecule has 0 aromatic heterocycles. The van der Waals surface area contributed by atoms with E-state index in [1.54, 1.807) is 11.8 Å². The third-order valence-corrected chi connectivity index (χ3v) is 3.63. The van der Waals surface area contributed by atoms with Crippen molar-refractivity contribution in [3.63, 3.8) is 0 Å². The standard InChI is InChI=1S/C12H14BrFN2O/c1-7-2-9(14)4-10(13)12(7)16-6-8(5-15)3-11(16)17/h2,4,8H,3,5-6,15H2,1H3. The maximum absolute atomic E-state index is 13.2. The molecule has 3 nitrogen and oxygen atoms in total. The number of carbonyl (C=O) groups is 1. The zero-order valence-corrected chi connectivity index (χ0v) is 11.1. The lowest BCUT2D eigenvalue weighted by Crippen LogP contribution is -2.26. The molecule has 1 aromatic rings. The summed E-state index contributed by atoms with van der Waals surface area (Å²) < 4.78 is 13.8. The van der Waals surface area contributed by atoms with Crippen LogP contribution in [0.5, 0.6) is 0 Å². The molecule has 1 heterocycles. The highest BCUT2D eigenvalue weighted by Crippen LogP contribution is 2.34. The highest BCUT2D eigenvalue weighted by atomic mass is 79.9. The number of hydrogen-bond donors (Lipinski definition) is 1. The average molecular weight is 301 g/mol. The van der Waals surface area contributed by atoms with Gasteiger partial charge in [-0.3, -0.25) is 4.79 Å². The van der Waals surface area contributed by atoms with Crippen LogP contribution in [0.4, 0.5) is 10.1 Å². The number of nitrogens with zero attached hydrogens (tertiary/aromatic N) is 1. The molecule has 17 heavy (non-hydrogen) atoms. The van der Waals surface area contributed by atoms with E-state index in [1.807, 2.05) is 0 Å². The fourth-order valence-corrected chi connectivity index (χ4v) is 2.94. The summed E-state index contributed by atoms with van der Waals surface area (Å²) in [6, 6.07) is 2.81. The zero-order chi connectivity index (χ0) is 12.6. The van der Waals surface area contributed by atoms with E-state index in [2.05, 4.69) is 15.9 Å². The van der Waals surface area contributed by atoms with Gasteiger partial charge in [-0.2, -0.15) is 0 Å². The Morgan fingerprint density at radius 1 is 1.59 bits per heavy atom. The van der Waals surface area contributed by atoms with Gasteiger partial charge >= 0.3 is 0 Å². The van der Waals surface area contributed by atoms with Crippen LogP contribution in [0.25, 0.3) is 0 Å². The van der Waals surface area contributed by atoms with Crippen LogP contribution in [0.3, 0.4) is 0 Å². The van der Waals surface area contributed by atoms with Crippen molar-refractivity contribution >= 4 is 27.5 Å². The maximum Gasteiger partial charge on any atom is 0.227 e. The van der Waals surface area contributed by atoms with E-state index in [-0.39, 0.29) is 17.6 Å². The van der Waals surface area contributed by atoms with E-state index < -0.39 is 0 Å². The van der Waals surface area contributed by atoms with Crippen LogP contribution in [0.15, 0.2) is 16.6 Å². The van der Waals surface area contributed by atoms with Crippen LogP contribution in [0, 0.1) is 18.7 Å². The first-order valence-corrected chi connectivity index (χ1v) is 6.28. The number of benzene rings is 1. The van der Waals surface area contributed by atoms with Crippen molar-refractivity contribution < 1.29 is 9.18 Å². The topological polar surface area (TPSA) is 46.3 Å². The summed E-state index contributed by atoms with van der Waals surface area (Å²) in [5, 5.41) is 0. The van der Waals surface area contributed by atoms with E-state index >= 15 is 0 Å². The summed E-state index contributed by atoms with van der Waals surface area (Å²) in [6.45, 7) is 2.91. The zero-order valence-electron chi connectivity index (χ0n) is 9.54. The summed E-state index contributed by atoms with van der Waals surface area (Å²) >= 11 is 3.31. The number of hydrogen-bond acceptors (Lipinski definition) is 2. The lowest BCUT2D eigenvalue weighted by Gasteiger charge is -2.20. The van der Waals surface area contributed by atoms with E-state index in [1.165, 1.54) is 12.1 Å². The van der Waals surface area contributed by atoms with Crippen molar-refractivity contribution in [1.29, 1.82) is 0 Å². The van der Waals surface area contributed by atoms with Crippen LogP contribution in [-0.4, -0.2) is 19.0 Å². The van der Waals surface area contributed by atoms with Gasteiger partial charge in [0.2, 0.25) is 5.91 Å². The summed E-state index contributed by atoms with van der Waals surface area (Å²) in [4.78, 5) is 13.6. The Bertz CT molecular complexity index is 441. The molecule has 5 heteroatoms. The minimum absolute atomic E-state index is 0.0517. The van der Waals surface area contributed by atoms with Gasteiger partial charge in [-0.1, -0.05) is 0 Å². The largest absolute Gasteiger partial charge is 0.330 e. The highest BCUT2D eigenvalue weighted by Gasteiger charge is 2.31. The average Bonchev–Trinajstić information content (AvgIpc) is 2.59. The Kier molecular flexibility index (Phi) is 3.49. The van der Waals surface area contributed by atoms with Gasteiger partial charge in [0.25, 0.3) is 0 Å². The van der Waals surface area contributed by atoms with Gasteiger partial charge in [-0.25, -0.2) is 4.39 Å². The molecule has 0 radical (unpaired) electrons. The van der Waals surface area contributed by atoms with Gasteiger partial charge < -0.3 is 10.6 Å². The maximum atomic E-state index is 13.2. The van der Waals surface area contributed by atoms with Gasteiger partial charge in [-0.15, -0.1) is 0 Å². The minimum atomic E-state index is -0.305. The van der Waals surface area contributed by atoms with E-state index in [0.717, 1.165) is 11.3 Å². The molecule has 1 aromatic carbocycles. The molecular weight excluding hydrogens is 287 g/mol. The SMILES string of the molecule is Cc1cc(F)cc(Br)c1N1CC(CN)CC1=O. The molecule has 1 aliphatic rings. The number of rotatable bonds is 2. The summed E-state index contributed by atoms with van der Waals surface area (Å²) in [6.07, 6.45) is 0.472. The van der Waals surface area contributed by atoms with E-state index in [9.17, 15) is 9.18 Å². The first-order valence-electron chi connectivity index (χ1n) is 5.49. The van der Waals surface area contributed by atoms with E-state index in [4.69, 9.17) is 5.73 Å². The second-order valence-electron chi connectivity index (χ2n) is 4.36. The van der Waals surface area contributed by atoms with Crippen LogP contribution >= 0.6 is 15.9 Å².